The summed E-state index contributed by atoms with van der Waals surface area (Å²) in [6.45, 7) is 3.40. The van der Waals surface area contributed by atoms with Gasteiger partial charge in [-0.15, -0.1) is 0 Å². The SMILES string of the molecule is CCSCCOCCOB(O)O.[B]. The zero-order valence-corrected chi connectivity index (χ0v) is 8.63. The minimum Gasteiger partial charge on any atom is -0.402 e. The minimum absolute atomic E-state index is 0. The van der Waals surface area contributed by atoms with Gasteiger partial charge in [0.2, 0.25) is 0 Å². The van der Waals surface area contributed by atoms with Gasteiger partial charge in [0.15, 0.2) is 0 Å². The van der Waals surface area contributed by atoms with Crippen LogP contribution in [0.5, 0.6) is 0 Å². The van der Waals surface area contributed by atoms with E-state index in [2.05, 4.69) is 11.6 Å². The van der Waals surface area contributed by atoms with E-state index in [9.17, 15) is 0 Å². The Balaban J connectivity index is 0. The lowest BCUT2D eigenvalue weighted by molar-refractivity contribution is 0.0879. The Morgan fingerprint density at radius 1 is 1.23 bits per heavy atom. The maximum absolute atomic E-state index is 8.27. The highest BCUT2D eigenvalue weighted by molar-refractivity contribution is 7.99. The predicted molar refractivity (Wildman–Crippen MR) is 55.7 cm³/mol. The zero-order chi connectivity index (χ0) is 9.23. The van der Waals surface area contributed by atoms with E-state index >= 15 is 0 Å². The van der Waals surface area contributed by atoms with E-state index in [-0.39, 0.29) is 15.0 Å². The molecule has 0 bridgehead atoms. The van der Waals surface area contributed by atoms with E-state index in [1.54, 1.807) is 0 Å². The first kappa shape index (κ1) is 15.8. The fourth-order valence-electron chi connectivity index (χ4n) is 0.577. The van der Waals surface area contributed by atoms with Crippen LogP contribution in [0.1, 0.15) is 6.92 Å². The molecule has 3 radical (unpaired) electrons. The van der Waals surface area contributed by atoms with Crippen LogP contribution in [0, 0.1) is 0 Å². The van der Waals surface area contributed by atoms with Crippen LogP contribution < -0.4 is 0 Å². The summed E-state index contributed by atoms with van der Waals surface area (Å²) in [5, 5.41) is 16.5. The number of ether oxygens (including phenoxy) is 1. The lowest BCUT2D eigenvalue weighted by atomic mass is 10.3. The molecule has 75 valence electrons. The first-order valence-electron chi connectivity index (χ1n) is 3.90. The van der Waals surface area contributed by atoms with Crippen molar-refractivity contribution in [2.45, 2.75) is 6.92 Å². The Labute approximate surface area is 85.8 Å². The predicted octanol–water partition coefficient (Wildman–Crippen LogP) is -0.639. The van der Waals surface area contributed by atoms with Crippen molar-refractivity contribution in [2.24, 2.45) is 0 Å². The van der Waals surface area contributed by atoms with Crippen LogP contribution in [0.15, 0.2) is 0 Å². The Bertz CT molecular complexity index is 96.7. The van der Waals surface area contributed by atoms with Gasteiger partial charge in [-0.3, -0.25) is 0 Å². The van der Waals surface area contributed by atoms with E-state index in [1.807, 2.05) is 11.8 Å². The summed E-state index contributed by atoms with van der Waals surface area (Å²) in [5.74, 6) is 2.06. The summed E-state index contributed by atoms with van der Waals surface area (Å²) < 4.78 is 9.55. The van der Waals surface area contributed by atoms with Crippen LogP contribution in [0.3, 0.4) is 0 Å². The molecule has 0 rings (SSSR count). The molecule has 0 fully saturated rings. The molecule has 0 aliphatic rings. The fraction of sp³-hybridized carbons (Fsp3) is 1.00. The van der Waals surface area contributed by atoms with E-state index in [4.69, 9.17) is 14.8 Å². The molecule has 0 aliphatic heterocycles. The number of hydrogen-bond donors (Lipinski definition) is 2. The van der Waals surface area contributed by atoms with Gasteiger partial charge in [-0.05, 0) is 5.75 Å². The van der Waals surface area contributed by atoms with Crippen LogP contribution in [-0.4, -0.2) is 57.1 Å². The van der Waals surface area contributed by atoms with Crippen molar-refractivity contribution < 1.29 is 19.4 Å². The van der Waals surface area contributed by atoms with Gasteiger partial charge in [0.1, 0.15) is 0 Å². The van der Waals surface area contributed by atoms with Gasteiger partial charge >= 0.3 is 7.32 Å². The lowest BCUT2D eigenvalue weighted by Gasteiger charge is -2.03. The van der Waals surface area contributed by atoms with Crippen LogP contribution in [0.25, 0.3) is 0 Å². The van der Waals surface area contributed by atoms with Gasteiger partial charge in [0.25, 0.3) is 0 Å². The average Bonchev–Trinajstić information content (AvgIpc) is 2.02. The van der Waals surface area contributed by atoms with Crippen molar-refractivity contribution in [3.05, 3.63) is 0 Å². The Morgan fingerprint density at radius 3 is 2.46 bits per heavy atom. The summed E-state index contributed by atoms with van der Waals surface area (Å²) in [5.41, 5.74) is 0. The molecule has 0 aliphatic carbocycles. The average molecular weight is 205 g/mol. The molecule has 0 unspecified atom stereocenters. The van der Waals surface area contributed by atoms with Gasteiger partial charge < -0.3 is 19.4 Å². The van der Waals surface area contributed by atoms with Gasteiger partial charge in [0.05, 0.1) is 19.8 Å². The topological polar surface area (TPSA) is 58.9 Å². The molecule has 0 saturated heterocycles. The van der Waals surface area contributed by atoms with Gasteiger partial charge in [-0.1, -0.05) is 6.92 Å². The molecule has 0 saturated carbocycles. The van der Waals surface area contributed by atoms with Gasteiger partial charge in [0, 0.05) is 14.2 Å². The van der Waals surface area contributed by atoms with Crippen LogP contribution in [-0.2, 0) is 9.39 Å². The molecule has 0 spiro atoms. The lowest BCUT2D eigenvalue weighted by Crippen LogP contribution is -2.20. The van der Waals surface area contributed by atoms with Crippen molar-refractivity contribution in [3.63, 3.8) is 0 Å². The zero-order valence-electron chi connectivity index (χ0n) is 7.81. The summed E-state index contributed by atoms with van der Waals surface area (Å²) in [4.78, 5) is 0. The number of thioether (sulfide) groups is 1. The smallest absolute Gasteiger partial charge is 0.402 e. The van der Waals surface area contributed by atoms with Crippen LogP contribution >= 0.6 is 11.8 Å². The summed E-state index contributed by atoms with van der Waals surface area (Å²) in [7, 11) is -1.68. The maximum atomic E-state index is 8.27. The second-order valence-corrected chi connectivity index (χ2v) is 3.40. The molecule has 7 heteroatoms. The van der Waals surface area contributed by atoms with E-state index in [0.29, 0.717) is 13.2 Å². The second kappa shape index (κ2) is 12.3. The van der Waals surface area contributed by atoms with E-state index in [0.717, 1.165) is 11.5 Å². The third-order valence-electron chi connectivity index (χ3n) is 1.07. The second-order valence-electron chi connectivity index (χ2n) is 2.01. The van der Waals surface area contributed by atoms with E-state index < -0.39 is 7.32 Å². The maximum Gasteiger partial charge on any atom is 0.633 e. The van der Waals surface area contributed by atoms with Crippen molar-refractivity contribution in [3.8, 4) is 0 Å². The highest BCUT2D eigenvalue weighted by Crippen LogP contribution is 1.96. The van der Waals surface area contributed by atoms with Crippen molar-refractivity contribution >= 4 is 27.5 Å². The molecule has 0 atom stereocenters. The normalized spacial score (nSPS) is 9.46. The first-order chi connectivity index (χ1) is 5.77. The number of rotatable bonds is 8. The van der Waals surface area contributed by atoms with Crippen LogP contribution in [0.2, 0.25) is 0 Å². The molecule has 0 amide bonds. The summed E-state index contributed by atoms with van der Waals surface area (Å²) >= 11 is 1.81. The minimum atomic E-state index is -1.68. The summed E-state index contributed by atoms with van der Waals surface area (Å²) in [6, 6.07) is 0. The van der Waals surface area contributed by atoms with E-state index in [1.165, 1.54) is 0 Å². The number of hydrogen-bond acceptors (Lipinski definition) is 5. The molecule has 0 heterocycles. The molecule has 2 N–H and O–H groups in total. The third-order valence-corrected chi connectivity index (χ3v) is 1.93. The quantitative estimate of drug-likeness (QED) is 0.407. The third kappa shape index (κ3) is 15.1. The monoisotopic (exact) mass is 205 g/mol. The van der Waals surface area contributed by atoms with Gasteiger partial charge in [-0.2, -0.15) is 11.8 Å². The van der Waals surface area contributed by atoms with Crippen molar-refractivity contribution in [2.75, 3.05) is 31.3 Å². The molecular formula is C6H15B2O4S. The molecule has 0 aromatic heterocycles. The molecule has 4 nitrogen and oxygen atoms in total. The first-order valence-corrected chi connectivity index (χ1v) is 5.06. The summed E-state index contributed by atoms with van der Waals surface area (Å²) in [6.07, 6.45) is 0. The van der Waals surface area contributed by atoms with Crippen molar-refractivity contribution in [1.82, 2.24) is 0 Å². The van der Waals surface area contributed by atoms with Gasteiger partial charge in [-0.25, -0.2) is 0 Å². The molecular weight excluding hydrogens is 190 g/mol. The molecule has 13 heavy (non-hydrogen) atoms. The standard InChI is InChI=1S/C6H15BO4S.B/c1-2-12-6-5-10-3-4-11-7(8)9;/h8-9H,2-6H2,1H3;. The molecule has 0 aromatic rings. The largest absolute Gasteiger partial charge is 0.633 e. The fourth-order valence-corrected chi connectivity index (χ4v) is 1.10. The highest BCUT2D eigenvalue weighted by atomic mass is 32.2. The Hall–Kier alpha value is 0.320. The van der Waals surface area contributed by atoms with Crippen LogP contribution in [0.4, 0.5) is 0 Å². The molecule has 0 aromatic carbocycles. The van der Waals surface area contributed by atoms with Crippen molar-refractivity contribution in [1.29, 1.82) is 0 Å². The Morgan fingerprint density at radius 2 is 1.92 bits per heavy atom. The Kier molecular flexibility index (Phi) is 15.0. The highest BCUT2D eigenvalue weighted by Gasteiger charge is 2.06.